The first kappa shape index (κ1) is 19.5. The second kappa shape index (κ2) is 8.54. The van der Waals surface area contributed by atoms with Gasteiger partial charge in [0.15, 0.2) is 0 Å². The number of hydrogen-bond acceptors (Lipinski definition) is 5. The molecule has 1 aromatic heterocycles. The fourth-order valence-corrected chi connectivity index (χ4v) is 2.63. The Morgan fingerprint density at radius 2 is 2.00 bits per heavy atom. The van der Waals surface area contributed by atoms with Gasteiger partial charge in [0.2, 0.25) is 0 Å². The molecule has 6 nitrogen and oxygen atoms in total. The molecule has 2 aromatic rings. The zero-order valence-corrected chi connectivity index (χ0v) is 15.7. The summed E-state index contributed by atoms with van der Waals surface area (Å²) in [6, 6.07) is 6.17. The van der Waals surface area contributed by atoms with Crippen LogP contribution in [0.25, 0.3) is 0 Å². The van der Waals surface area contributed by atoms with Crippen LogP contribution in [0.3, 0.4) is 0 Å². The SMILES string of the molecule is CCC(CO)(CO)NC(=O)c1ccncc1Nc1ccc(I)cc1F. The van der Waals surface area contributed by atoms with Crippen molar-refractivity contribution < 1.29 is 19.4 Å². The number of carbonyl (C=O) groups excluding carboxylic acids is 1. The topological polar surface area (TPSA) is 94.5 Å². The summed E-state index contributed by atoms with van der Waals surface area (Å²) in [5.74, 6) is -0.948. The van der Waals surface area contributed by atoms with Gasteiger partial charge in [0, 0.05) is 9.77 Å². The smallest absolute Gasteiger partial charge is 0.254 e. The van der Waals surface area contributed by atoms with E-state index in [1.165, 1.54) is 24.5 Å². The Morgan fingerprint density at radius 3 is 2.60 bits per heavy atom. The number of amides is 1. The lowest BCUT2D eigenvalue weighted by Gasteiger charge is -2.30. The molecule has 8 heteroatoms. The molecule has 0 fully saturated rings. The molecule has 0 saturated carbocycles. The lowest BCUT2D eigenvalue weighted by atomic mass is 9.97. The minimum Gasteiger partial charge on any atom is -0.394 e. The molecule has 25 heavy (non-hydrogen) atoms. The highest BCUT2D eigenvalue weighted by molar-refractivity contribution is 14.1. The van der Waals surface area contributed by atoms with E-state index >= 15 is 0 Å². The highest BCUT2D eigenvalue weighted by atomic mass is 127. The number of pyridine rings is 1. The summed E-state index contributed by atoms with van der Waals surface area (Å²) in [4.78, 5) is 16.6. The first-order valence-corrected chi connectivity index (χ1v) is 8.73. The fraction of sp³-hybridized carbons (Fsp3) is 0.294. The summed E-state index contributed by atoms with van der Waals surface area (Å²) in [6.45, 7) is 0.954. The van der Waals surface area contributed by atoms with Gasteiger partial charge >= 0.3 is 0 Å². The van der Waals surface area contributed by atoms with Crippen LogP contribution in [0, 0.1) is 9.39 Å². The summed E-state index contributed by atoms with van der Waals surface area (Å²) in [6.07, 6.45) is 3.21. The number of nitrogens with zero attached hydrogens (tertiary/aromatic N) is 1. The van der Waals surface area contributed by atoms with Crippen LogP contribution in [0.2, 0.25) is 0 Å². The third-order valence-corrected chi connectivity index (χ3v) is 4.60. The van der Waals surface area contributed by atoms with Gasteiger partial charge in [-0.3, -0.25) is 9.78 Å². The van der Waals surface area contributed by atoms with Crippen LogP contribution in [0.1, 0.15) is 23.7 Å². The van der Waals surface area contributed by atoms with E-state index in [0.29, 0.717) is 12.1 Å². The lowest BCUT2D eigenvalue weighted by molar-refractivity contribution is 0.0653. The number of carbonyl (C=O) groups is 1. The Kier molecular flexibility index (Phi) is 6.68. The Bertz CT molecular complexity index is 745. The monoisotopic (exact) mass is 459 g/mol. The Labute approximate surface area is 158 Å². The Morgan fingerprint density at radius 1 is 1.28 bits per heavy atom. The molecule has 0 unspecified atom stereocenters. The van der Waals surface area contributed by atoms with Crippen LogP contribution < -0.4 is 10.6 Å². The summed E-state index contributed by atoms with van der Waals surface area (Å²) < 4.78 is 14.8. The molecule has 0 atom stereocenters. The molecule has 0 bridgehead atoms. The first-order valence-electron chi connectivity index (χ1n) is 7.65. The van der Waals surface area contributed by atoms with E-state index < -0.39 is 30.5 Å². The average Bonchev–Trinajstić information content (AvgIpc) is 2.62. The number of rotatable bonds is 7. The summed E-state index contributed by atoms with van der Waals surface area (Å²) >= 11 is 2.01. The van der Waals surface area contributed by atoms with Gasteiger partial charge in [-0.2, -0.15) is 0 Å². The molecule has 1 aromatic carbocycles. The zero-order valence-electron chi connectivity index (χ0n) is 13.6. The van der Waals surface area contributed by atoms with Crippen LogP contribution in [0.4, 0.5) is 15.8 Å². The Balaban J connectivity index is 2.29. The van der Waals surface area contributed by atoms with Crippen molar-refractivity contribution >= 4 is 39.9 Å². The average molecular weight is 459 g/mol. The number of nitrogens with one attached hydrogen (secondary N) is 2. The number of aliphatic hydroxyl groups is 2. The maximum atomic E-state index is 14.0. The molecule has 0 spiro atoms. The van der Waals surface area contributed by atoms with Crippen molar-refractivity contribution in [1.29, 1.82) is 0 Å². The number of benzene rings is 1. The second-order valence-electron chi connectivity index (χ2n) is 5.57. The third-order valence-electron chi connectivity index (χ3n) is 3.93. The number of hydrogen-bond donors (Lipinski definition) is 4. The van der Waals surface area contributed by atoms with Crippen LogP contribution in [-0.2, 0) is 0 Å². The predicted molar refractivity (Wildman–Crippen MR) is 101 cm³/mol. The van der Waals surface area contributed by atoms with E-state index in [2.05, 4.69) is 15.6 Å². The van der Waals surface area contributed by atoms with Crippen molar-refractivity contribution in [3.63, 3.8) is 0 Å². The van der Waals surface area contributed by atoms with Crippen LogP contribution >= 0.6 is 22.6 Å². The third kappa shape index (κ3) is 4.65. The number of aromatic nitrogens is 1. The van der Waals surface area contributed by atoms with E-state index in [-0.39, 0.29) is 11.3 Å². The normalized spacial score (nSPS) is 11.2. The van der Waals surface area contributed by atoms with Gasteiger partial charge in [0.05, 0.1) is 41.9 Å². The standard InChI is InChI=1S/C17H19FIN3O3/c1-2-17(9-23,10-24)22-16(25)12-5-6-20-8-15(12)21-14-4-3-11(19)7-13(14)18/h3-8,21,23-24H,2,9-10H2,1H3,(H,22,25). The molecule has 4 N–H and O–H groups in total. The molecular weight excluding hydrogens is 440 g/mol. The first-order chi connectivity index (χ1) is 11.9. The Hall–Kier alpha value is -1.78. The van der Waals surface area contributed by atoms with E-state index in [9.17, 15) is 19.4 Å². The maximum Gasteiger partial charge on any atom is 0.254 e. The van der Waals surface area contributed by atoms with E-state index in [0.717, 1.165) is 3.57 Å². The fourth-order valence-electron chi connectivity index (χ4n) is 2.18. The van der Waals surface area contributed by atoms with Crippen LogP contribution in [-0.4, -0.2) is 39.9 Å². The molecule has 134 valence electrons. The minimum atomic E-state index is -1.12. The van der Waals surface area contributed by atoms with E-state index in [1.54, 1.807) is 19.1 Å². The van der Waals surface area contributed by atoms with Gasteiger partial charge < -0.3 is 20.8 Å². The molecule has 1 heterocycles. The molecule has 0 radical (unpaired) electrons. The van der Waals surface area contributed by atoms with Crippen LogP contribution in [0.15, 0.2) is 36.7 Å². The molecule has 1 amide bonds. The number of anilines is 2. The van der Waals surface area contributed by atoms with Gasteiger partial charge in [-0.15, -0.1) is 0 Å². The number of aliphatic hydroxyl groups excluding tert-OH is 2. The van der Waals surface area contributed by atoms with Crippen molar-refractivity contribution in [2.75, 3.05) is 18.5 Å². The van der Waals surface area contributed by atoms with Crippen molar-refractivity contribution in [2.24, 2.45) is 0 Å². The lowest BCUT2D eigenvalue weighted by Crippen LogP contribution is -2.53. The van der Waals surface area contributed by atoms with Crippen molar-refractivity contribution in [3.8, 4) is 0 Å². The van der Waals surface area contributed by atoms with E-state index in [1.807, 2.05) is 22.6 Å². The quantitative estimate of drug-likeness (QED) is 0.478. The number of halogens is 2. The highest BCUT2D eigenvalue weighted by Crippen LogP contribution is 2.24. The van der Waals surface area contributed by atoms with Gasteiger partial charge in [-0.25, -0.2) is 4.39 Å². The van der Waals surface area contributed by atoms with Crippen molar-refractivity contribution in [3.05, 3.63) is 51.6 Å². The summed E-state index contributed by atoms with van der Waals surface area (Å²) in [7, 11) is 0. The summed E-state index contributed by atoms with van der Waals surface area (Å²) in [5, 5.41) is 24.5. The van der Waals surface area contributed by atoms with E-state index in [4.69, 9.17) is 0 Å². The minimum absolute atomic E-state index is 0.216. The molecular formula is C17H19FIN3O3. The second-order valence-corrected chi connectivity index (χ2v) is 6.82. The molecule has 0 aliphatic heterocycles. The molecule has 2 rings (SSSR count). The van der Waals surface area contributed by atoms with Gasteiger partial charge in [0.1, 0.15) is 5.82 Å². The van der Waals surface area contributed by atoms with Gasteiger partial charge in [-0.05, 0) is 53.3 Å². The van der Waals surface area contributed by atoms with Gasteiger partial charge in [-0.1, -0.05) is 6.92 Å². The maximum absolute atomic E-state index is 14.0. The van der Waals surface area contributed by atoms with Crippen molar-refractivity contribution in [1.82, 2.24) is 10.3 Å². The summed E-state index contributed by atoms with van der Waals surface area (Å²) in [5.41, 5.74) is -0.353. The molecule has 0 saturated heterocycles. The molecule has 0 aliphatic carbocycles. The zero-order chi connectivity index (χ0) is 18.4. The van der Waals surface area contributed by atoms with Crippen LogP contribution in [0.5, 0.6) is 0 Å². The van der Waals surface area contributed by atoms with Gasteiger partial charge in [0.25, 0.3) is 5.91 Å². The predicted octanol–water partition coefficient (Wildman–Crippen LogP) is 2.43. The van der Waals surface area contributed by atoms with Crippen molar-refractivity contribution in [2.45, 2.75) is 18.9 Å². The highest BCUT2D eigenvalue weighted by Gasteiger charge is 2.29. The largest absolute Gasteiger partial charge is 0.394 e. The molecule has 0 aliphatic rings.